The van der Waals surface area contributed by atoms with Crippen molar-refractivity contribution in [1.82, 2.24) is 5.32 Å². The average molecular weight is 341 g/mol. The summed E-state index contributed by atoms with van der Waals surface area (Å²) in [7, 11) is 0. The predicted octanol–water partition coefficient (Wildman–Crippen LogP) is 1.14. The molecule has 0 spiro atoms. The van der Waals surface area contributed by atoms with E-state index in [1.54, 1.807) is 0 Å². The van der Waals surface area contributed by atoms with Crippen molar-refractivity contribution in [2.45, 2.75) is 31.4 Å². The van der Waals surface area contributed by atoms with Gasteiger partial charge in [-0.25, -0.2) is 0 Å². The van der Waals surface area contributed by atoms with E-state index in [0.29, 0.717) is 19.4 Å². The number of hydrogen-bond acceptors (Lipinski definition) is 3. The Hall–Kier alpha value is -1.40. The van der Waals surface area contributed by atoms with E-state index in [9.17, 15) is 9.59 Å². The summed E-state index contributed by atoms with van der Waals surface area (Å²) in [5.74, 6) is -0.803. The Morgan fingerprint density at radius 3 is 2.65 bits per heavy atom. The van der Waals surface area contributed by atoms with E-state index in [2.05, 4.69) is 21.2 Å². The van der Waals surface area contributed by atoms with Crippen molar-refractivity contribution in [3.05, 3.63) is 34.3 Å². The zero-order valence-electron chi connectivity index (χ0n) is 11.0. The molecule has 1 aromatic rings. The van der Waals surface area contributed by atoms with Crippen molar-refractivity contribution < 1.29 is 14.3 Å². The standard InChI is InChI=1S/C14H17BrN2O3/c15-10-5-3-9(4-6-10)8-11(13(16)18)17-14(19)12-2-1-7-20-12/h3-6,11-12H,1-2,7-8H2,(H2,16,18)(H,17,19)/t11-,12-/m1/s1. The second-order valence-electron chi connectivity index (χ2n) is 4.80. The predicted molar refractivity (Wildman–Crippen MR) is 77.9 cm³/mol. The SMILES string of the molecule is NC(=O)[C@@H](Cc1ccc(Br)cc1)NC(=O)[C@H]1CCCO1. The van der Waals surface area contributed by atoms with Gasteiger partial charge in [-0.2, -0.15) is 0 Å². The second-order valence-corrected chi connectivity index (χ2v) is 5.71. The van der Waals surface area contributed by atoms with Crippen LogP contribution in [0.3, 0.4) is 0 Å². The molecule has 0 aromatic heterocycles. The third-order valence-electron chi connectivity index (χ3n) is 3.24. The van der Waals surface area contributed by atoms with E-state index in [1.165, 1.54) is 0 Å². The van der Waals surface area contributed by atoms with Gasteiger partial charge in [-0.3, -0.25) is 9.59 Å². The van der Waals surface area contributed by atoms with E-state index in [0.717, 1.165) is 16.5 Å². The summed E-state index contributed by atoms with van der Waals surface area (Å²) in [6, 6.07) is 6.83. The molecule has 6 heteroatoms. The van der Waals surface area contributed by atoms with Gasteiger partial charge in [0.25, 0.3) is 0 Å². The lowest BCUT2D eigenvalue weighted by molar-refractivity contribution is -0.133. The van der Waals surface area contributed by atoms with E-state index >= 15 is 0 Å². The fourth-order valence-electron chi connectivity index (χ4n) is 2.13. The Kier molecular flexibility index (Phi) is 5.14. The highest BCUT2D eigenvalue weighted by atomic mass is 79.9. The average Bonchev–Trinajstić information content (AvgIpc) is 2.94. The van der Waals surface area contributed by atoms with Crippen LogP contribution in [0.25, 0.3) is 0 Å². The number of ether oxygens (including phenoxy) is 1. The van der Waals surface area contributed by atoms with Crippen LogP contribution in [0, 0.1) is 0 Å². The lowest BCUT2D eigenvalue weighted by Gasteiger charge is -2.18. The van der Waals surface area contributed by atoms with Crippen LogP contribution in [0.4, 0.5) is 0 Å². The third-order valence-corrected chi connectivity index (χ3v) is 3.76. The zero-order chi connectivity index (χ0) is 14.5. The molecule has 0 aliphatic carbocycles. The molecule has 108 valence electrons. The lowest BCUT2D eigenvalue weighted by Crippen LogP contribution is -2.49. The van der Waals surface area contributed by atoms with Crippen LogP contribution in [-0.4, -0.2) is 30.6 Å². The molecule has 2 rings (SSSR count). The lowest BCUT2D eigenvalue weighted by atomic mass is 10.0. The minimum absolute atomic E-state index is 0.261. The Balaban J connectivity index is 1.98. The summed E-state index contributed by atoms with van der Waals surface area (Å²) in [6.07, 6.45) is 1.48. The number of primary amides is 1. The maximum absolute atomic E-state index is 12.0. The van der Waals surface area contributed by atoms with Crippen LogP contribution in [-0.2, 0) is 20.7 Å². The number of carbonyl (C=O) groups is 2. The monoisotopic (exact) mass is 340 g/mol. The van der Waals surface area contributed by atoms with Crippen molar-refractivity contribution in [3.8, 4) is 0 Å². The summed E-state index contributed by atoms with van der Waals surface area (Å²) in [4.78, 5) is 23.4. The zero-order valence-corrected chi connectivity index (χ0v) is 12.6. The van der Waals surface area contributed by atoms with Crippen LogP contribution in [0.2, 0.25) is 0 Å². The van der Waals surface area contributed by atoms with Gasteiger partial charge in [-0.1, -0.05) is 28.1 Å². The van der Waals surface area contributed by atoms with Crippen LogP contribution in [0.5, 0.6) is 0 Å². The fourth-order valence-corrected chi connectivity index (χ4v) is 2.39. The molecule has 1 saturated heterocycles. The van der Waals surface area contributed by atoms with E-state index in [-0.39, 0.29) is 5.91 Å². The summed E-state index contributed by atoms with van der Waals surface area (Å²) >= 11 is 3.35. The molecular formula is C14H17BrN2O3. The van der Waals surface area contributed by atoms with Gasteiger partial charge in [0.1, 0.15) is 12.1 Å². The molecule has 1 fully saturated rings. The Morgan fingerprint density at radius 1 is 1.40 bits per heavy atom. The highest BCUT2D eigenvalue weighted by molar-refractivity contribution is 9.10. The summed E-state index contributed by atoms with van der Waals surface area (Å²) < 4.78 is 6.25. The molecule has 20 heavy (non-hydrogen) atoms. The van der Waals surface area contributed by atoms with Gasteiger partial charge < -0.3 is 15.8 Å². The molecule has 0 saturated carbocycles. The molecule has 1 aromatic carbocycles. The molecule has 0 radical (unpaired) electrons. The highest BCUT2D eigenvalue weighted by Gasteiger charge is 2.27. The summed E-state index contributed by atoms with van der Waals surface area (Å²) in [5, 5.41) is 2.67. The first kappa shape index (κ1) is 15.0. The number of nitrogens with two attached hydrogens (primary N) is 1. The van der Waals surface area contributed by atoms with Gasteiger partial charge in [0.2, 0.25) is 11.8 Å². The van der Waals surface area contributed by atoms with Crippen LogP contribution in [0.1, 0.15) is 18.4 Å². The fraction of sp³-hybridized carbons (Fsp3) is 0.429. The Morgan fingerprint density at radius 2 is 2.10 bits per heavy atom. The maximum Gasteiger partial charge on any atom is 0.249 e. The Bertz CT molecular complexity index is 484. The maximum atomic E-state index is 12.0. The van der Waals surface area contributed by atoms with Gasteiger partial charge >= 0.3 is 0 Å². The molecular weight excluding hydrogens is 324 g/mol. The van der Waals surface area contributed by atoms with Gasteiger partial charge in [0, 0.05) is 17.5 Å². The summed E-state index contributed by atoms with van der Waals surface area (Å²) in [6.45, 7) is 0.589. The topological polar surface area (TPSA) is 81.4 Å². The molecule has 0 bridgehead atoms. The molecule has 1 heterocycles. The molecule has 2 atom stereocenters. The van der Waals surface area contributed by atoms with Crippen molar-refractivity contribution in [3.63, 3.8) is 0 Å². The van der Waals surface area contributed by atoms with Gasteiger partial charge in [0.15, 0.2) is 0 Å². The van der Waals surface area contributed by atoms with Crippen molar-refractivity contribution >= 4 is 27.7 Å². The van der Waals surface area contributed by atoms with Crippen molar-refractivity contribution in [2.75, 3.05) is 6.61 Å². The minimum Gasteiger partial charge on any atom is -0.368 e. The van der Waals surface area contributed by atoms with Crippen LogP contribution >= 0.6 is 15.9 Å². The van der Waals surface area contributed by atoms with E-state index in [4.69, 9.17) is 10.5 Å². The van der Waals surface area contributed by atoms with E-state index < -0.39 is 18.1 Å². The van der Waals surface area contributed by atoms with Gasteiger partial charge in [-0.05, 0) is 30.5 Å². The molecule has 3 N–H and O–H groups in total. The molecule has 1 aliphatic rings. The number of benzene rings is 1. The van der Waals surface area contributed by atoms with Gasteiger partial charge in [-0.15, -0.1) is 0 Å². The Labute approximate surface area is 126 Å². The first-order valence-electron chi connectivity index (χ1n) is 6.52. The van der Waals surface area contributed by atoms with Gasteiger partial charge in [0.05, 0.1) is 0 Å². The molecule has 5 nitrogen and oxygen atoms in total. The van der Waals surface area contributed by atoms with E-state index in [1.807, 2.05) is 24.3 Å². The first-order chi connectivity index (χ1) is 9.56. The highest BCUT2D eigenvalue weighted by Crippen LogP contribution is 2.14. The largest absolute Gasteiger partial charge is 0.368 e. The quantitative estimate of drug-likeness (QED) is 0.843. The number of carbonyl (C=O) groups excluding carboxylic acids is 2. The van der Waals surface area contributed by atoms with Crippen LogP contribution < -0.4 is 11.1 Å². The number of amides is 2. The molecule has 2 amide bonds. The number of hydrogen-bond donors (Lipinski definition) is 2. The number of rotatable bonds is 5. The van der Waals surface area contributed by atoms with Crippen molar-refractivity contribution in [2.24, 2.45) is 5.73 Å². The first-order valence-corrected chi connectivity index (χ1v) is 7.31. The van der Waals surface area contributed by atoms with Crippen LogP contribution in [0.15, 0.2) is 28.7 Å². The third kappa shape index (κ3) is 4.05. The van der Waals surface area contributed by atoms with Crippen molar-refractivity contribution in [1.29, 1.82) is 0 Å². The molecule has 0 unspecified atom stereocenters. The normalized spacial score (nSPS) is 19.6. The number of halogens is 1. The minimum atomic E-state index is -0.715. The number of nitrogens with one attached hydrogen (secondary N) is 1. The summed E-state index contributed by atoms with van der Waals surface area (Å²) in [5.41, 5.74) is 6.29. The smallest absolute Gasteiger partial charge is 0.249 e. The molecule has 1 aliphatic heterocycles. The second kappa shape index (κ2) is 6.85.